The van der Waals surface area contributed by atoms with E-state index in [1.807, 2.05) is 24.3 Å². The highest BCUT2D eigenvalue weighted by molar-refractivity contribution is 9.10. The Morgan fingerprint density at radius 3 is 2.62 bits per heavy atom. The van der Waals surface area contributed by atoms with Crippen molar-refractivity contribution in [2.45, 2.75) is 0 Å². The molecule has 0 atom stereocenters. The van der Waals surface area contributed by atoms with E-state index in [0.29, 0.717) is 24.7 Å². The molecule has 0 spiro atoms. The molecular weight excluding hydrogens is 374 g/mol. The summed E-state index contributed by atoms with van der Waals surface area (Å²) in [6, 6.07) is 11.1. The predicted molar refractivity (Wildman–Crippen MR) is 95.5 cm³/mol. The van der Waals surface area contributed by atoms with E-state index in [2.05, 4.69) is 31.1 Å². The normalized spacial score (nSPS) is 14.3. The van der Waals surface area contributed by atoms with Gasteiger partial charge >= 0.3 is 0 Å². The Hall–Kier alpha value is -2.12. The van der Waals surface area contributed by atoms with Gasteiger partial charge in [0.05, 0.1) is 25.1 Å². The second-order valence-corrected chi connectivity index (χ2v) is 6.21. The molecule has 24 heavy (non-hydrogen) atoms. The van der Waals surface area contributed by atoms with Crippen LogP contribution in [0.3, 0.4) is 0 Å². The van der Waals surface area contributed by atoms with Gasteiger partial charge in [0.1, 0.15) is 11.6 Å². The number of nitrogens with one attached hydrogen (secondary N) is 1. The molecular formula is C17H18BrN3O3. The van der Waals surface area contributed by atoms with Crippen molar-refractivity contribution in [2.24, 2.45) is 0 Å². The first kappa shape index (κ1) is 16.7. The Morgan fingerprint density at radius 1 is 1.21 bits per heavy atom. The predicted octanol–water partition coefficient (Wildman–Crippen LogP) is 2.70. The first-order valence-corrected chi connectivity index (χ1v) is 8.47. The molecule has 0 bridgehead atoms. The van der Waals surface area contributed by atoms with Crippen LogP contribution >= 0.6 is 15.9 Å². The molecule has 1 amide bonds. The zero-order valence-electron chi connectivity index (χ0n) is 13.1. The molecule has 2 aromatic rings. The number of hydrogen-bond acceptors (Lipinski definition) is 5. The average Bonchev–Trinajstić information content (AvgIpc) is 2.63. The number of aromatic nitrogens is 1. The fourth-order valence-electron chi connectivity index (χ4n) is 2.32. The van der Waals surface area contributed by atoms with Gasteiger partial charge in [0.25, 0.3) is 5.91 Å². The molecule has 1 N–H and O–H groups in total. The van der Waals surface area contributed by atoms with Crippen molar-refractivity contribution in [1.29, 1.82) is 0 Å². The summed E-state index contributed by atoms with van der Waals surface area (Å²) >= 11 is 3.35. The maximum Gasteiger partial charge on any atom is 0.262 e. The first-order valence-electron chi connectivity index (χ1n) is 7.68. The van der Waals surface area contributed by atoms with Crippen molar-refractivity contribution in [3.63, 3.8) is 0 Å². The first-order chi connectivity index (χ1) is 11.7. The van der Waals surface area contributed by atoms with Gasteiger partial charge in [0.15, 0.2) is 6.61 Å². The van der Waals surface area contributed by atoms with Crippen LogP contribution in [0.1, 0.15) is 0 Å². The van der Waals surface area contributed by atoms with Crippen LogP contribution < -0.4 is 15.0 Å². The highest BCUT2D eigenvalue weighted by atomic mass is 79.9. The van der Waals surface area contributed by atoms with Crippen LogP contribution in [0.4, 0.5) is 11.5 Å². The van der Waals surface area contributed by atoms with E-state index >= 15 is 0 Å². The SMILES string of the molecule is O=C(COc1ccc(Br)cc1)Nc1ccc(N2CCOCC2)nc1. The molecule has 1 aliphatic rings. The molecule has 1 aromatic carbocycles. The lowest BCUT2D eigenvalue weighted by molar-refractivity contribution is -0.118. The molecule has 126 valence electrons. The van der Waals surface area contributed by atoms with Gasteiger partial charge in [-0.1, -0.05) is 15.9 Å². The Balaban J connectivity index is 1.49. The molecule has 0 radical (unpaired) electrons. The van der Waals surface area contributed by atoms with Crippen LogP contribution in [0.15, 0.2) is 47.1 Å². The third-order valence-electron chi connectivity index (χ3n) is 3.55. The van der Waals surface area contributed by atoms with E-state index < -0.39 is 0 Å². The number of nitrogens with zero attached hydrogens (tertiary/aromatic N) is 2. The quantitative estimate of drug-likeness (QED) is 0.848. The molecule has 0 aliphatic carbocycles. The van der Waals surface area contributed by atoms with Gasteiger partial charge in [0, 0.05) is 17.6 Å². The van der Waals surface area contributed by atoms with Crippen molar-refractivity contribution in [2.75, 3.05) is 43.1 Å². The van der Waals surface area contributed by atoms with Gasteiger partial charge < -0.3 is 19.7 Å². The summed E-state index contributed by atoms with van der Waals surface area (Å²) in [6.45, 7) is 3.05. The standard InChI is InChI=1S/C17H18BrN3O3/c18-13-1-4-15(5-2-13)24-12-17(22)20-14-3-6-16(19-11-14)21-7-9-23-10-8-21/h1-6,11H,7-10,12H2,(H,20,22). The average molecular weight is 392 g/mol. The van der Waals surface area contributed by atoms with E-state index in [1.54, 1.807) is 18.3 Å². The number of morpholine rings is 1. The van der Waals surface area contributed by atoms with E-state index in [-0.39, 0.29) is 12.5 Å². The maximum absolute atomic E-state index is 11.9. The minimum Gasteiger partial charge on any atom is -0.484 e. The summed E-state index contributed by atoms with van der Waals surface area (Å²) < 4.78 is 11.7. The summed E-state index contributed by atoms with van der Waals surface area (Å²) in [5.41, 5.74) is 0.649. The van der Waals surface area contributed by atoms with Crippen LogP contribution in [0.25, 0.3) is 0 Å². The number of rotatable bonds is 5. The second kappa shape index (κ2) is 8.12. The van der Waals surface area contributed by atoms with Crippen LogP contribution in [0, 0.1) is 0 Å². The Labute approximate surface area is 148 Å². The molecule has 6 nitrogen and oxygen atoms in total. The van der Waals surface area contributed by atoms with Crippen LogP contribution in [0.2, 0.25) is 0 Å². The highest BCUT2D eigenvalue weighted by Gasteiger charge is 2.12. The minimum atomic E-state index is -0.223. The van der Waals surface area contributed by atoms with E-state index in [0.717, 1.165) is 23.4 Å². The van der Waals surface area contributed by atoms with E-state index in [4.69, 9.17) is 9.47 Å². The lowest BCUT2D eigenvalue weighted by Crippen LogP contribution is -2.36. The van der Waals surface area contributed by atoms with Crippen molar-refractivity contribution < 1.29 is 14.3 Å². The molecule has 2 heterocycles. The molecule has 7 heteroatoms. The topological polar surface area (TPSA) is 63.7 Å². The molecule has 0 unspecified atom stereocenters. The van der Waals surface area contributed by atoms with Crippen LogP contribution in [-0.2, 0) is 9.53 Å². The lowest BCUT2D eigenvalue weighted by Gasteiger charge is -2.27. The zero-order valence-corrected chi connectivity index (χ0v) is 14.7. The number of carbonyl (C=O) groups is 1. The van der Waals surface area contributed by atoms with Crippen LogP contribution in [0.5, 0.6) is 5.75 Å². The number of anilines is 2. The third kappa shape index (κ3) is 4.69. The Bertz CT molecular complexity index is 670. The van der Waals surface area contributed by atoms with Crippen molar-refractivity contribution in [3.8, 4) is 5.75 Å². The number of halogens is 1. The fraction of sp³-hybridized carbons (Fsp3) is 0.294. The molecule has 1 aliphatic heterocycles. The van der Waals surface area contributed by atoms with Gasteiger partial charge in [-0.15, -0.1) is 0 Å². The summed E-state index contributed by atoms with van der Waals surface area (Å²) in [7, 11) is 0. The molecule has 1 aromatic heterocycles. The Kier molecular flexibility index (Phi) is 5.66. The number of pyridine rings is 1. The largest absolute Gasteiger partial charge is 0.484 e. The molecule has 1 fully saturated rings. The smallest absolute Gasteiger partial charge is 0.262 e. The fourth-order valence-corrected chi connectivity index (χ4v) is 2.58. The number of carbonyl (C=O) groups excluding carboxylic acids is 1. The van der Waals surface area contributed by atoms with Gasteiger partial charge in [-0.3, -0.25) is 4.79 Å². The number of amides is 1. The number of ether oxygens (including phenoxy) is 2. The molecule has 1 saturated heterocycles. The summed E-state index contributed by atoms with van der Waals surface area (Å²) in [4.78, 5) is 18.5. The van der Waals surface area contributed by atoms with Crippen molar-refractivity contribution in [1.82, 2.24) is 4.98 Å². The van der Waals surface area contributed by atoms with Gasteiger partial charge in [0.2, 0.25) is 0 Å². The maximum atomic E-state index is 11.9. The van der Waals surface area contributed by atoms with E-state index in [9.17, 15) is 4.79 Å². The summed E-state index contributed by atoms with van der Waals surface area (Å²) in [5, 5.41) is 2.77. The summed E-state index contributed by atoms with van der Waals surface area (Å²) in [5.74, 6) is 1.32. The molecule has 0 saturated carbocycles. The van der Waals surface area contributed by atoms with Gasteiger partial charge in [-0.05, 0) is 36.4 Å². The van der Waals surface area contributed by atoms with Crippen LogP contribution in [-0.4, -0.2) is 43.8 Å². The summed E-state index contributed by atoms with van der Waals surface area (Å²) in [6.07, 6.45) is 1.66. The number of hydrogen-bond donors (Lipinski definition) is 1. The lowest BCUT2D eigenvalue weighted by atomic mass is 10.3. The molecule has 3 rings (SSSR count). The highest BCUT2D eigenvalue weighted by Crippen LogP contribution is 2.17. The second-order valence-electron chi connectivity index (χ2n) is 5.30. The Morgan fingerprint density at radius 2 is 1.96 bits per heavy atom. The monoisotopic (exact) mass is 391 g/mol. The van der Waals surface area contributed by atoms with Crippen molar-refractivity contribution >= 4 is 33.3 Å². The number of benzene rings is 1. The zero-order chi connectivity index (χ0) is 16.8. The minimum absolute atomic E-state index is 0.0488. The van der Waals surface area contributed by atoms with Gasteiger partial charge in [-0.2, -0.15) is 0 Å². The van der Waals surface area contributed by atoms with Gasteiger partial charge in [-0.25, -0.2) is 4.98 Å². The van der Waals surface area contributed by atoms with E-state index in [1.165, 1.54) is 0 Å². The third-order valence-corrected chi connectivity index (χ3v) is 4.08. The van der Waals surface area contributed by atoms with Crippen molar-refractivity contribution in [3.05, 3.63) is 47.1 Å².